The van der Waals surface area contributed by atoms with Gasteiger partial charge in [-0.05, 0) is 35.9 Å². The second-order valence-electron chi connectivity index (χ2n) is 6.38. The van der Waals surface area contributed by atoms with Crippen LogP contribution in [0.5, 0.6) is 5.75 Å². The van der Waals surface area contributed by atoms with E-state index >= 15 is 0 Å². The quantitative estimate of drug-likeness (QED) is 0.448. The molecule has 0 saturated heterocycles. The van der Waals surface area contributed by atoms with Crippen molar-refractivity contribution in [3.05, 3.63) is 102 Å². The van der Waals surface area contributed by atoms with Crippen LogP contribution in [0.3, 0.4) is 0 Å². The van der Waals surface area contributed by atoms with Crippen LogP contribution in [0, 0.1) is 11.6 Å². The first-order chi connectivity index (χ1) is 14.1. The predicted molar refractivity (Wildman–Crippen MR) is 105 cm³/mol. The first-order valence-corrected chi connectivity index (χ1v) is 8.84. The van der Waals surface area contributed by atoms with Crippen LogP contribution in [-0.4, -0.2) is 22.4 Å². The second-order valence-corrected chi connectivity index (χ2v) is 6.38. The van der Waals surface area contributed by atoms with Gasteiger partial charge in [0.05, 0.1) is 7.11 Å². The van der Waals surface area contributed by atoms with Crippen LogP contribution in [0.1, 0.15) is 16.1 Å². The summed E-state index contributed by atoms with van der Waals surface area (Å²) in [7, 11) is 1.42. The number of methoxy groups -OCH3 is 1. The second kappa shape index (κ2) is 7.67. The summed E-state index contributed by atoms with van der Waals surface area (Å²) in [4.78, 5) is 16.7. The van der Waals surface area contributed by atoms with Gasteiger partial charge in [0.2, 0.25) is 5.78 Å². The van der Waals surface area contributed by atoms with Crippen molar-refractivity contribution in [2.45, 2.75) is 0 Å². The Bertz CT molecular complexity index is 1200. The number of hydrogen-bond acceptors (Lipinski definition) is 3. The minimum atomic E-state index is -0.480. The molecule has 0 bridgehead atoms. The fraction of sp³-hybridized carbons (Fsp3) is 0.0435. The van der Waals surface area contributed by atoms with E-state index in [4.69, 9.17) is 4.74 Å². The van der Waals surface area contributed by atoms with Crippen molar-refractivity contribution in [3.8, 4) is 22.6 Å². The molecule has 0 fully saturated rings. The number of rotatable bonds is 5. The number of benzene rings is 3. The fourth-order valence-corrected chi connectivity index (χ4v) is 3.14. The maximum atomic E-state index is 14.0. The maximum Gasteiger partial charge on any atom is 0.213 e. The lowest BCUT2D eigenvalue weighted by molar-refractivity contribution is 0.103. The molecule has 0 atom stereocenters. The SMILES string of the molecule is COc1c(F)cccc1-c1cccc(-n2cnc(C(=O)c3cccc(F)c3)c2)c1. The summed E-state index contributed by atoms with van der Waals surface area (Å²) in [6.07, 6.45) is 3.09. The largest absolute Gasteiger partial charge is 0.493 e. The zero-order chi connectivity index (χ0) is 20.4. The Balaban J connectivity index is 1.68. The standard InChI is InChI=1S/C23H16F2N2O2/c1-29-23-19(9-4-10-20(23)25)15-5-3-8-18(12-15)27-13-21(26-14-27)22(28)16-6-2-7-17(24)11-16/h2-14H,1H3. The molecule has 0 radical (unpaired) electrons. The molecule has 4 aromatic rings. The molecule has 4 rings (SSSR count). The van der Waals surface area contributed by atoms with Gasteiger partial charge < -0.3 is 9.30 Å². The number of para-hydroxylation sites is 1. The van der Waals surface area contributed by atoms with E-state index in [0.29, 0.717) is 5.56 Å². The molecule has 144 valence electrons. The fourth-order valence-electron chi connectivity index (χ4n) is 3.14. The normalized spacial score (nSPS) is 10.7. The molecule has 0 amide bonds. The molecule has 4 nitrogen and oxygen atoms in total. The van der Waals surface area contributed by atoms with Gasteiger partial charge in [-0.15, -0.1) is 0 Å². The summed E-state index contributed by atoms with van der Waals surface area (Å²) < 4.78 is 34.3. The maximum absolute atomic E-state index is 14.0. The lowest BCUT2D eigenvalue weighted by Gasteiger charge is -2.11. The summed E-state index contributed by atoms with van der Waals surface area (Å²) >= 11 is 0. The molecule has 29 heavy (non-hydrogen) atoms. The summed E-state index contributed by atoms with van der Waals surface area (Å²) in [6, 6.07) is 17.6. The average molecular weight is 390 g/mol. The number of hydrogen-bond donors (Lipinski definition) is 0. The molecule has 1 aromatic heterocycles. The van der Waals surface area contributed by atoms with Crippen molar-refractivity contribution < 1.29 is 18.3 Å². The van der Waals surface area contributed by atoms with Crippen LogP contribution in [0.4, 0.5) is 8.78 Å². The Morgan fingerprint density at radius 1 is 1.00 bits per heavy atom. The zero-order valence-corrected chi connectivity index (χ0v) is 15.5. The number of carbonyl (C=O) groups excluding carboxylic acids is 1. The molecule has 6 heteroatoms. The number of nitrogens with zero attached hydrogens (tertiary/aromatic N) is 2. The Kier molecular flexibility index (Phi) is 4.91. The Hall–Kier alpha value is -3.80. The van der Waals surface area contributed by atoms with Crippen LogP contribution in [-0.2, 0) is 0 Å². The summed E-state index contributed by atoms with van der Waals surface area (Å²) in [5, 5.41) is 0. The zero-order valence-electron chi connectivity index (χ0n) is 15.5. The molecule has 1 heterocycles. The van der Waals surface area contributed by atoms with Crippen molar-refractivity contribution in [1.82, 2.24) is 9.55 Å². The van der Waals surface area contributed by atoms with Gasteiger partial charge >= 0.3 is 0 Å². The number of ether oxygens (including phenoxy) is 1. The topological polar surface area (TPSA) is 44.1 Å². The highest BCUT2D eigenvalue weighted by atomic mass is 19.1. The van der Waals surface area contributed by atoms with Crippen LogP contribution in [0.15, 0.2) is 79.3 Å². The van der Waals surface area contributed by atoms with E-state index in [-0.39, 0.29) is 22.8 Å². The van der Waals surface area contributed by atoms with Gasteiger partial charge in [-0.3, -0.25) is 4.79 Å². The van der Waals surface area contributed by atoms with Gasteiger partial charge in [0.15, 0.2) is 11.6 Å². The lowest BCUT2D eigenvalue weighted by Crippen LogP contribution is -2.02. The van der Waals surface area contributed by atoms with Gasteiger partial charge in [-0.25, -0.2) is 13.8 Å². The highest BCUT2D eigenvalue weighted by molar-refractivity contribution is 6.07. The van der Waals surface area contributed by atoms with Crippen molar-refractivity contribution in [1.29, 1.82) is 0 Å². The van der Waals surface area contributed by atoms with E-state index in [9.17, 15) is 13.6 Å². The first-order valence-electron chi connectivity index (χ1n) is 8.84. The molecule has 0 unspecified atom stereocenters. The number of aromatic nitrogens is 2. The minimum Gasteiger partial charge on any atom is -0.493 e. The van der Waals surface area contributed by atoms with Crippen LogP contribution < -0.4 is 4.74 Å². The molecule has 0 aliphatic heterocycles. The van der Waals surface area contributed by atoms with Crippen molar-refractivity contribution >= 4 is 5.78 Å². The number of halogens is 2. The van der Waals surface area contributed by atoms with E-state index in [2.05, 4.69) is 4.98 Å². The lowest BCUT2D eigenvalue weighted by atomic mass is 10.0. The van der Waals surface area contributed by atoms with Crippen LogP contribution in [0.2, 0.25) is 0 Å². The number of carbonyl (C=O) groups is 1. The Morgan fingerprint density at radius 3 is 2.59 bits per heavy atom. The molecule has 0 aliphatic rings. The Morgan fingerprint density at radius 2 is 1.79 bits per heavy atom. The monoisotopic (exact) mass is 390 g/mol. The molecule has 0 spiro atoms. The summed E-state index contributed by atoms with van der Waals surface area (Å²) in [5.41, 5.74) is 2.54. The van der Waals surface area contributed by atoms with Gasteiger partial charge in [0.25, 0.3) is 0 Å². The highest BCUT2D eigenvalue weighted by Gasteiger charge is 2.15. The summed E-state index contributed by atoms with van der Waals surface area (Å²) in [5.74, 6) is -1.13. The van der Waals surface area contributed by atoms with Gasteiger partial charge in [-0.2, -0.15) is 0 Å². The van der Waals surface area contributed by atoms with E-state index in [1.165, 1.54) is 37.7 Å². The highest BCUT2D eigenvalue weighted by Crippen LogP contribution is 2.33. The molecule has 3 aromatic carbocycles. The summed E-state index contributed by atoms with van der Waals surface area (Å²) in [6.45, 7) is 0. The van der Waals surface area contributed by atoms with E-state index in [0.717, 1.165) is 11.3 Å². The molecule has 0 saturated carbocycles. The molecular formula is C23H16F2N2O2. The average Bonchev–Trinajstić information content (AvgIpc) is 3.23. The van der Waals surface area contributed by atoms with Crippen molar-refractivity contribution in [3.63, 3.8) is 0 Å². The van der Waals surface area contributed by atoms with Gasteiger partial charge in [0, 0.05) is 23.0 Å². The third kappa shape index (κ3) is 3.65. The smallest absolute Gasteiger partial charge is 0.213 e. The number of ketones is 1. The van der Waals surface area contributed by atoms with Gasteiger partial charge in [0.1, 0.15) is 17.8 Å². The molecular weight excluding hydrogens is 374 g/mol. The predicted octanol–water partition coefficient (Wildman–Crippen LogP) is 5.06. The van der Waals surface area contributed by atoms with Crippen LogP contribution in [0.25, 0.3) is 16.8 Å². The minimum absolute atomic E-state index is 0.164. The van der Waals surface area contributed by atoms with Crippen LogP contribution >= 0.6 is 0 Å². The van der Waals surface area contributed by atoms with Gasteiger partial charge in [-0.1, -0.05) is 36.4 Å². The third-order valence-electron chi connectivity index (χ3n) is 4.53. The first kappa shape index (κ1) is 18.6. The van der Waals surface area contributed by atoms with Crippen molar-refractivity contribution in [2.24, 2.45) is 0 Å². The van der Waals surface area contributed by atoms with E-state index < -0.39 is 11.6 Å². The third-order valence-corrected chi connectivity index (χ3v) is 4.53. The van der Waals surface area contributed by atoms with Crippen molar-refractivity contribution in [2.75, 3.05) is 7.11 Å². The Labute approximate surface area is 166 Å². The molecule has 0 aliphatic carbocycles. The number of imidazole rings is 1. The van der Waals surface area contributed by atoms with E-state index in [1.807, 2.05) is 24.3 Å². The molecule has 0 N–H and O–H groups in total. The van der Waals surface area contributed by atoms with E-state index in [1.54, 1.807) is 29.0 Å².